The number of fused-ring (bicyclic) bond motifs is 1. The summed E-state index contributed by atoms with van der Waals surface area (Å²) in [6.07, 6.45) is 1.64. The minimum atomic E-state index is -0.773. The Morgan fingerprint density at radius 2 is 1.50 bits per heavy atom. The van der Waals surface area contributed by atoms with Crippen LogP contribution in [-0.4, -0.2) is 22.8 Å². The summed E-state index contributed by atoms with van der Waals surface area (Å²) in [6.45, 7) is 3.62. The van der Waals surface area contributed by atoms with E-state index in [0.29, 0.717) is 5.06 Å². The molecule has 1 aliphatic heterocycles. The Bertz CT molecular complexity index is 758. The fourth-order valence-electron chi connectivity index (χ4n) is 2.14. The Morgan fingerprint density at radius 3 is 2.00 bits per heavy atom. The predicted octanol–water partition coefficient (Wildman–Crippen LogP) is 2.70. The molecule has 0 bridgehead atoms. The molecule has 0 aliphatic carbocycles. The Labute approximate surface area is 126 Å². The first-order valence-corrected chi connectivity index (χ1v) is 6.54. The van der Waals surface area contributed by atoms with E-state index in [0.717, 1.165) is 5.56 Å². The van der Waals surface area contributed by atoms with Crippen molar-refractivity contribution in [3.05, 3.63) is 77.4 Å². The highest BCUT2D eigenvalue weighted by Gasteiger charge is 2.38. The second-order valence-electron chi connectivity index (χ2n) is 4.66. The second-order valence-corrected chi connectivity index (χ2v) is 4.66. The maximum Gasteiger partial charge on any atom is 0.363 e. The van der Waals surface area contributed by atoms with Crippen molar-refractivity contribution < 1.29 is 19.2 Å². The molecule has 0 saturated heterocycles. The van der Waals surface area contributed by atoms with Crippen LogP contribution in [0.1, 0.15) is 36.6 Å². The first-order chi connectivity index (χ1) is 10.6. The maximum atomic E-state index is 12.1. The summed E-state index contributed by atoms with van der Waals surface area (Å²) in [7, 11) is 0. The predicted molar refractivity (Wildman–Crippen MR) is 78.9 cm³/mol. The number of carbonyl (C=O) groups is 3. The van der Waals surface area contributed by atoms with Crippen LogP contribution in [0.5, 0.6) is 0 Å². The van der Waals surface area contributed by atoms with Gasteiger partial charge in [0.25, 0.3) is 11.8 Å². The number of rotatable bonds is 3. The standard InChI is InChI=1S/C17H11NO4/c1-2-11-7-9-12(10-8-11)17(21)22-18-15(19)13-5-3-4-6-14(13)16(18)20/h2-10H,1H2. The number of amides is 2. The maximum absolute atomic E-state index is 12.1. The van der Waals surface area contributed by atoms with Gasteiger partial charge in [0.15, 0.2) is 0 Å². The molecule has 108 valence electrons. The Kier molecular flexibility index (Phi) is 3.31. The molecule has 0 saturated carbocycles. The second kappa shape index (κ2) is 5.29. The molecule has 0 spiro atoms. The van der Waals surface area contributed by atoms with Crippen LogP contribution in [0.25, 0.3) is 6.08 Å². The van der Waals surface area contributed by atoms with Crippen molar-refractivity contribution in [2.24, 2.45) is 0 Å². The Balaban J connectivity index is 1.82. The van der Waals surface area contributed by atoms with E-state index in [2.05, 4.69) is 6.58 Å². The van der Waals surface area contributed by atoms with Crippen LogP contribution >= 0.6 is 0 Å². The van der Waals surface area contributed by atoms with Crippen LogP contribution in [0.15, 0.2) is 55.1 Å². The van der Waals surface area contributed by atoms with E-state index in [1.54, 1.807) is 30.3 Å². The molecule has 0 fully saturated rings. The van der Waals surface area contributed by atoms with E-state index >= 15 is 0 Å². The number of carbonyl (C=O) groups excluding carboxylic acids is 3. The summed E-state index contributed by atoms with van der Waals surface area (Å²) in [5, 5.41) is 0.494. The minimum Gasteiger partial charge on any atom is -0.324 e. The van der Waals surface area contributed by atoms with Crippen LogP contribution in [0.4, 0.5) is 0 Å². The van der Waals surface area contributed by atoms with Crippen molar-refractivity contribution in [1.82, 2.24) is 5.06 Å². The zero-order valence-electron chi connectivity index (χ0n) is 11.5. The van der Waals surface area contributed by atoms with Crippen molar-refractivity contribution in [2.45, 2.75) is 0 Å². The molecule has 2 amide bonds. The van der Waals surface area contributed by atoms with Crippen molar-refractivity contribution in [3.63, 3.8) is 0 Å². The lowest BCUT2D eigenvalue weighted by molar-refractivity contribution is -0.0584. The molecule has 2 aromatic rings. The summed E-state index contributed by atoms with van der Waals surface area (Å²) >= 11 is 0. The Morgan fingerprint density at radius 1 is 0.955 bits per heavy atom. The molecule has 1 aliphatic rings. The van der Waals surface area contributed by atoms with Gasteiger partial charge in [-0.3, -0.25) is 9.59 Å². The molecule has 1 heterocycles. The highest BCUT2D eigenvalue weighted by Crippen LogP contribution is 2.23. The first kappa shape index (κ1) is 13.8. The molecule has 3 rings (SSSR count). The van der Waals surface area contributed by atoms with Crippen LogP contribution < -0.4 is 0 Å². The molecular formula is C17H11NO4. The number of imide groups is 1. The smallest absolute Gasteiger partial charge is 0.324 e. The molecule has 0 N–H and O–H groups in total. The van der Waals surface area contributed by atoms with Crippen molar-refractivity contribution in [1.29, 1.82) is 0 Å². The molecule has 0 atom stereocenters. The van der Waals surface area contributed by atoms with E-state index in [1.807, 2.05) is 0 Å². The summed E-state index contributed by atoms with van der Waals surface area (Å²) < 4.78 is 0. The molecule has 5 nitrogen and oxygen atoms in total. The van der Waals surface area contributed by atoms with E-state index < -0.39 is 17.8 Å². The molecule has 0 unspecified atom stereocenters. The fourth-order valence-corrected chi connectivity index (χ4v) is 2.14. The van der Waals surface area contributed by atoms with Crippen LogP contribution in [0, 0.1) is 0 Å². The quantitative estimate of drug-likeness (QED) is 0.816. The van der Waals surface area contributed by atoms with Gasteiger partial charge in [-0.25, -0.2) is 4.79 Å². The molecule has 22 heavy (non-hydrogen) atoms. The van der Waals surface area contributed by atoms with Gasteiger partial charge >= 0.3 is 5.97 Å². The van der Waals surface area contributed by atoms with Gasteiger partial charge in [-0.15, -0.1) is 0 Å². The highest BCUT2D eigenvalue weighted by molar-refractivity contribution is 6.21. The lowest BCUT2D eigenvalue weighted by atomic mass is 10.1. The zero-order valence-corrected chi connectivity index (χ0v) is 11.5. The van der Waals surface area contributed by atoms with Crippen LogP contribution in [0.2, 0.25) is 0 Å². The SMILES string of the molecule is C=Cc1ccc(C(=O)ON2C(=O)c3ccccc3C2=O)cc1. The number of hydrogen-bond donors (Lipinski definition) is 0. The number of hydrogen-bond acceptors (Lipinski definition) is 4. The van der Waals surface area contributed by atoms with Crippen molar-refractivity contribution >= 4 is 23.9 Å². The summed E-state index contributed by atoms with van der Waals surface area (Å²) in [4.78, 5) is 41.2. The average molecular weight is 293 g/mol. The number of nitrogens with zero attached hydrogens (tertiary/aromatic N) is 1. The summed E-state index contributed by atoms with van der Waals surface area (Å²) in [6, 6.07) is 12.8. The number of benzene rings is 2. The van der Waals surface area contributed by atoms with Crippen LogP contribution in [-0.2, 0) is 4.84 Å². The molecule has 0 aromatic heterocycles. The summed E-state index contributed by atoms with van der Waals surface area (Å²) in [5.41, 5.74) is 1.53. The monoisotopic (exact) mass is 293 g/mol. The van der Waals surface area contributed by atoms with Gasteiger partial charge in [-0.2, -0.15) is 0 Å². The van der Waals surface area contributed by atoms with E-state index in [1.165, 1.54) is 24.3 Å². The lowest BCUT2D eigenvalue weighted by Gasteiger charge is -2.12. The topological polar surface area (TPSA) is 63.7 Å². The van der Waals surface area contributed by atoms with Gasteiger partial charge in [0, 0.05) is 0 Å². The van der Waals surface area contributed by atoms with Gasteiger partial charge in [0.1, 0.15) is 0 Å². The zero-order chi connectivity index (χ0) is 15.7. The van der Waals surface area contributed by atoms with Crippen molar-refractivity contribution in [3.8, 4) is 0 Å². The van der Waals surface area contributed by atoms with Gasteiger partial charge in [0.05, 0.1) is 16.7 Å². The van der Waals surface area contributed by atoms with Crippen LogP contribution in [0.3, 0.4) is 0 Å². The molecule has 0 radical (unpaired) electrons. The van der Waals surface area contributed by atoms with Gasteiger partial charge in [-0.1, -0.05) is 42.0 Å². The largest absolute Gasteiger partial charge is 0.363 e. The first-order valence-electron chi connectivity index (χ1n) is 6.54. The fraction of sp³-hybridized carbons (Fsp3) is 0. The number of hydroxylamine groups is 2. The average Bonchev–Trinajstić information content (AvgIpc) is 2.80. The molecule has 5 heteroatoms. The third-order valence-electron chi connectivity index (χ3n) is 3.31. The normalized spacial score (nSPS) is 13.0. The highest BCUT2D eigenvalue weighted by atomic mass is 16.7. The van der Waals surface area contributed by atoms with Crippen molar-refractivity contribution in [2.75, 3.05) is 0 Å². The minimum absolute atomic E-state index is 0.224. The lowest BCUT2D eigenvalue weighted by Crippen LogP contribution is -2.32. The van der Waals surface area contributed by atoms with Gasteiger partial charge in [-0.05, 0) is 29.8 Å². The van der Waals surface area contributed by atoms with Gasteiger partial charge < -0.3 is 4.84 Å². The Hall–Kier alpha value is -3.21. The van der Waals surface area contributed by atoms with E-state index in [4.69, 9.17) is 4.84 Å². The third kappa shape index (κ3) is 2.18. The van der Waals surface area contributed by atoms with E-state index in [9.17, 15) is 14.4 Å². The third-order valence-corrected chi connectivity index (χ3v) is 3.31. The molecular weight excluding hydrogens is 282 g/mol. The molecule has 2 aromatic carbocycles. The van der Waals surface area contributed by atoms with E-state index in [-0.39, 0.29) is 16.7 Å². The summed E-state index contributed by atoms with van der Waals surface area (Å²) in [5.74, 6) is -2.06. The van der Waals surface area contributed by atoms with Gasteiger partial charge in [0.2, 0.25) is 0 Å².